The highest BCUT2D eigenvalue weighted by Gasteiger charge is 2.36. The zero-order valence-electron chi connectivity index (χ0n) is 8.24. The fourth-order valence-electron chi connectivity index (χ4n) is 2.14. The number of carbonyl (C=O) groups is 1. The first-order valence-electron chi connectivity index (χ1n) is 5.05. The summed E-state index contributed by atoms with van der Waals surface area (Å²) >= 11 is 0. The number of rotatable bonds is 2. The highest BCUT2D eigenvalue weighted by Crippen LogP contribution is 2.16. The van der Waals surface area contributed by atoms with Crippen molar-refractivity contribution in [2.24, 2.45) is 0 Å². The molecule has 0 spiro atoms. The van der Waals surface area contributed by atoms with Gasteiger partial charge in [-0.25, -0.2) is 0 Å². The Hall–Kier alpha value is -0.710. The molecule has 4 nitrogen and oxygen atoms in total. The Morgan fingerprint density at radius 2 is 2.43 bits per heavy atom. The van der Waals surface area contributed by atoms with E-state index in [1.807, 2.05) is 0 Å². The standard InChI is InChI=1S/C10H16N2O2/c1-2-9(13)10-8-7-11-3-4-12(8)5-6-14-10/h2,8,10-11H,1,3-7H2. The summed E-state index contributed by atoms with van der Waals surface area (Å²) in [5, 5.41) is 3.28. The first kappa shape index (κ1) is 9.83. The number of ketones is 1. The largest absolute Gasteiger partial charge is 0.367 e. The van der Waals surface area contributed by atoms with Crippen LogP contribution in [-0.2, 0) is 9.53 Å². The molecule has 2 saturated heterocycles. The second-order valence-electron chi connectivity index (χ2n) is 3.71. The number of ether oxygens (including phenoxy) is 1. The fraction of sp³-hybridized carbons (Fsp3) is 0.700. The predicted octanol–water partition coefficient (Wildman–Crippen LogP) is -0.586. The fourth-order valence-corrected chi connectivity index (χ4v) is 2.14. The number of hydrogen-bond donors (Lipinski definition) is 1. The molecule has 0 saturated carbocycles. The van der Waals surface area contributed by atoms with E-state index in [1.165, 1.54) is 6.08 Å². The van der Waals surface area contributed by atoms with Crippen molar-refractivity contribution in [3.63, 3.8) is 0 Å². The smallest absolute Gasteiger partial charge is 0.185 e. The Bertz CT molecular complexity index is 240. The zero-order chi connectivity index (χ0) is 9.97. The van der Waals surface area contributed by atoms with E-state index in [2.05, 4.69) is 16.8 Å². The summed E-state index contributed by atoms with van der Waals surface area (Å²) in [6, 6.07) is 0.197. The van der Waals surface area contributed by atoms with Crippen molar-refractivity contribution in [2.45, 2.75) is 12.1 Å². The molecule has 0 aromatic rings. The van der Waals surface area contributed by atoms with Crippen molar-refractivity contribution >= 4 is 5.78 Å². The molecule has 0 aromatic carbocycles. The molecule has 2 heterocycles. The molecule has 78 valence electrons. The summed E-state index contributed by atoms with van der Waals surface area (Å²) in [5.41, 5.74) is 0. The quantitative estimate of drug-likeness (QED) is 0.600. The van der Waals surface area contributed by atoms with Crippen LogP contribution in [0.4, 0.5) is 0 Å². The van der Waals surface area contributed by atoms with E-state index in [0.29, 0.717) is 6.61 Å². The lowest BCUT2D eigenvalue weighted by atomic mass is 10.0. The molecule has 0 aromatic heterocycles. The van der Waals surface area contributed by atoms with Gasteiger partial charge in [-0.15, -0.1) is 0 Å². The molecule has 2 rings (SSSR count). The predicted molar refractivity (Wildman–Crippen MR) is 53.2 cm³/mol. The van der Waals surface area contributed by atoms with E-state index in [9.17, 15) is 4.79 Å². The van der Waals surface area contributed by atoms with Gasteiger partial charge in [-0.3, -0.25) is 9.69 Å². The van der Waals surface area contributed by atoms with E-state index in [4.69, 9.17) is 4.74 Å². The van der Waals surface area contributed by atoms with Gasteiger partial charge >= 0.3 is 0 Å². The third-order valence-corrected chi connectivity index (χ3v) is 2.91. The molecule has 0 radical (unpaired) electrons. The van der Waals surface area contributed by atoms with E-state index >= 15 is 0 Å². The van der Waals surface area contributed by atoms with Crippen LogP contribution < -0.4 is 5.32 Å². The van der Waals surface area contributed by atoms with Crippen LogP contribution in [-0.4, -0.2) is 55.6 Å². The van der Waals surface area contributed by atoms with Crippen LogP contribution in [0.2, 0.25) is 0 Å². The van der Waals surface area contributed by atoms with Crippen molar-refractivity contribution in [3.05, 3.63) is 12.7 Å². The minimum atomic E-state index is -0.311. The number of fused-ring (bicyclic) bond motifs is 1. The molecular weight excluding hydrogens is 180 g/mol. The topological polar surface area (TPSA) is 41.6 Å². The number of nitrogens with one attached hydrogen (secondary N) is 1. The van der Waals surface area contributed by atoms with Crippen molar-refractivity contribution in [2.75, 3.05) is 32.8 Å². The lowest BCUT2D eigenvalue weighted by molar-refractivity contribution is -0.139. The van der Waals surface area contributed by atoms with Crippen molar-refractivity contribution in [1.29, 1.82) is 0 Å². The summed E-state index contributed by atoms with van der Waals surface area (Å²) in [6.45, 7) is 7.95. The van der Waals surface area contributed by atoms with Gasteiger partial charge in [-0.05, 0) is 6.08 Å². The average Bonchev–Trinajstić information content (AvgIpc) is 2.27. The van der Waals surface area contributed by atoms with Crippen molar-refractivity contribution < 1.29 is 9.53 Å². The van der Waals surface area contributed by atoms with Gasteiger partial charge in [-0.1, -0.05) is 6.58 Å². The van der Waals surface area contributed by atoms with Crippen LogP contribution >= 0.6 is 0 Å². The van der Waals surface area contributed by atoms with E-state index in [-0.39, 0.29) is 17.9 Å². The van der Waals surface area contributed by atoms with Gasteiger partial charge in [0.15, 0.2) is 5.78 Å². The average molecular weight is 196 g/mol. The Balaban J connectivity index is 2.08. The monoisotopic (exact) mass is 196 g/mol. The van der Waals surface area contributed by atoms with Gasteiger partial charge in [-0.2, -0.15) is 0 Å². The van der Waals surface area contributed by atoms with Crippen LogP contribution in [0, 0.1) is 0 Å². The maximum absolute atomic E-state index is 11.5. The third kappa shape index (κ3) is 1.73. The minimum Gasteiger partial charge on any atom is -0.367 e. The zero-order valence-corrected chi connectivity index (χ0v) is 8.24. The van der Waals surface area contributed by atoms with Gasteiger partial charge < -0.3 is 10.1 Å². The number of carbonyl (C=O) groups excluding carboxylic acids is 1. The molecule has 0 amide bonds. The molecule has 1 N–H and O–H groups in total. The molecule has 2 atom stereocenters. The Morgan fingerprint density at radius 3 is 3.21 bits per heavy atom. The number of nitrogens with zero attached hydrogens (tertiary/aromatic N) is 1. The second-order valence-corrected chi connectivity index (χ2v) is 3.71. The molecule has 0 aliphatic carbocycles. The highest BCUT2D eigenvalue weighted by molar-refractivity contribution is 5.93. The van der Waals surface area contributed by atoms with Gasteiger partial charge in [0, 0.05) is 26.2 Å². The second kappa shape index (κ2) is 4.21. The molecule has 14 heavy (non-hydrogen) atoms. The summed E-state index contributed by atoms with van der Waals surface area (Å²) < 4.78 is 5.50. The molecule has 2 aliphatic heterocycles. The maximum Gasteiger partial charge on any atom is 0.185 e. The van der Waals surface area contributed by atoms with Crippen molar-refractivity contribution in [1.82, 2.24) is 10.2 Å². The van der Waals surface area contributed by atoms with Crippen LogP contribution in [0.1, 0.15) is 0 Å². The summed E-state index contributed by atoms with van der Waals surface area (Å²) in [4.78, 5) is 13.8. The molecule has 2 aliphatic rings. The first-order valence-corrected chi connectivity index (χ1v) is 5.05. The molecular formula is C10H16N2O2. The SMILES string of the molecule is C=CC(=O)C1OCCN2CCNCC12. The summed E-state index contributed by atoms with van der Waals surface area (Å²) in [6.07, 6.45) is 1.05. The summed E-state index contributed by atoms with van der Waals surface area (Å²) in [7, 11) is 0. The first-order chi connectivity index (χ1) is 6.83. The van der Waals surface area contributed by atoms with Gasteiger partial charge in [0.1, 0.15) is 6.10 Å². The molecule has 0 bridgehead atoms. The van der Waals surface area contributed by atoms with Gasteiger partial charge in [0.2, 0.25) is 0 Å². The molecule has 4 heteroatoms. The number of morpholine rings is 1. The van der Waals surface area contributed by atoms with Crippen LogP contribution in [0.5, 0.6) is 0 Å². The van der Waals surface area contributed by atoms with E-state index in [0.717, 1.165) is 26.2 Å². The van der Waals surface area contributed by atoms with E-state index in [1.54, 1.807) is 0 Å². The normalized spacial score (nSPS) is 33.4. The van der Waals surface area contributed by atoms with Gasteiger partial charge in [0.25, 0.3) is 0 Å². The maximum atomic E-state index is 11.5. The third-order valence-electron chi connectivity index (χ3n) is 2.91. The minimum absolute atomic E-state index is 0.00315. The van der Waals surface area contributed by atoms with Crippen LogP contribution in [0.3, 0.4) is 0 Å². The Labute approximate surface area is 83.9 Å². The lowest BCUT2D eigenvalue weighted by Gasteiger charge is -2.43. The molecule has 2 unspecified atom stereocenters. The molecule has 2 fully saturated rings. The highest BCUT2D eigenvalue weighted by atomic mass is 16.5. The van der Waals surface area contributed by atoms with Crippen molar-refractivity contribution in [3.8, 4) is 0 Å². The van der Waals surface area contributed by atoms with Crippen LogP contribution in [0.15, 0.2) is 12.7 Å². The van der Waals surface area contributed by atoms with Crippen LogP contribution in [0.25, 0.3) is 0 Å². The van der Waals surface area contributed by atoms with E-state index < -0.39 is 0 Å². The van der Waals surface area contributed by atoms with Gasteiger partial charge in [0.05, 0.1) is 12.6 Å². The lowest BCUT2D eigenvalue weighted by Crippen LogP contribution is -2.62. The Morgan fingerprint density at radius 1 is 1.57 bits per heavy atom. The summed E-state index contributed by atoms with van der Waals surface area (Å²) in [5.74, 6) is 0.00315. The number of hydrogen-bond acceptors (Lipinski definition) is 4. The Kier molecular flexibility index (Phi) is 2.96. The number of piperazine rings is 1.